The van der Waals surface area contributed by atoms with Gasteiger partial charge in [0.05, 0.1) is 16.8 Å². The van der Waals surface area contributed by atoms with Gasteiger partial charge >= 0.3 is 6.03 Å². The van der Waals surface area contributed by atoms with Gasteiger partial charge in [0.15, 0.2) is 0 Å². The van der Waals surface area contributed by atoms with E-state index in [4.69, 9.17) is 15.9 Å². The van der Waals surface area contributed by atoms with Crippen molar-refractivity contribution in [2.45, 2.75) is 6.92 Å². The lowest BCUT2D eigenvalue weighted by Crippen LogP contribution is -2.54. The number of ether oxygens (including phenoxy) is 2. The summed E-state index contributed by atoms with van der Waals surface area (Å²) in [4.78, 5) is 38.9. The second-order valence-corrected chi connectivity index (χ2v) is 7.95. The van der Waals surface area contributed by atoms with Crippen LogP contribution in [-0.4, -0.2) is 31.1 Å². The number of benzene rings is 2. The highest BCUT2D eigenvalue weighted by Gasteiger charge is 2.37. The Balaban J connectivity index is 2.02. The summed E-state index contributed by atoms with van der Waals surface area (Å²) >= 11 is 6.76. The summed E-state index contributed by atoms with van der Waals surface area (Å²) in [6.45, 7) is 2.32. The van der Waals surface area contributed by atoms with Gasteiger partial charge in [-0.25, -0.2) is 9.69 Å². The predicted molar refractivity (Wildman–Crippen MR) is 123 cm³/mol. The van der Waals surface area contributed by atoms with Gasteiger partial charge in [0.1, 0.15) is 23.7 Å². The van der Waals surface area contributed by atoms with Gasteiger partial charge in [0.25, 0.3) is 11.8 Å². The molecular formula is C22H16Br2N2O5. The number of imide groups is 2. The second-order valence-electron chi connectivity index (χ2n) is 6.18. The first-order valence-electron chi connectivity index (χ1n) is 9.05. The molecule has 3 rings (SSSR count). The van der Waals surface area contributed by atoms with Crippen molar-refractivity contribution in [1.29, 1.82) is 0 Å². The number of amides is 4. The van der Waals surface area contributed by atoms with E-state index in [0.717, 1.165) is 4.90 Å². The quantitative estimate of drug-likeness (QED) is 0.331. The summed E-state index contributed by atoms with van der Waals surface area (Å²) in [6.07, 6.45) is 6.63. The number of carbonyl (C=O) groups is 3. The lowest BCUT2D eigenvalue weighted by atomic mass is 10.1. The van der Waals surface area contributed by atoms with Crippen molar-refractivity contribution in [3.8, 4) is 23.8 Å². The van der Waals surface area contributed by atoms with Crippen molar-refractivity contribution in [2.75, 3.05) is 18.1 Å². The number of urea groups is 1. The molecule has 158 valence electrons. The van der Waals surface area contributed by atoms with Crippen molar-refractivity contribution < 1.29 is 23.9 Å². The van der Waals surface area contributed by atoms with Crippen LogP contribution in [0.4, 0.5) is 10.5 Å². The first kappa shape index (κ1) is 22.6. The minimum absolute atomic E-state index is 0.00661. The zero-order valence-electron chi connectivity index (χ0n) is 16.3. The SMILES string of the molecule is C#CCOc1c(Br)cc(Br)cc1/C=C1\C(=O)NC(=O)N(c2ccc(OCC)cc2)C1=O. The van der Waals surface area contributed by atoms with E-state index in [9.17, 15) is 14.4 Å². The Labute approximate surface area is 195 Å². The molecule has 7 nitrogen and oxygen atoms in total. The molecule has 0 unspecified atom stereocenters. The number of rotatable bonds is 6. The molecule has 1 saturated heterocycles. The third kappa shape index (κ3) is 4.98. The van der Waals surface area contributed by atoms with Gasteiger partial charge in [-0.2, -0.15) is 0 Å². The number of halogens is 2. The van der Waals surface area contributed by atoms with Gasteiger partial charge in [-0.15, -0.1) is 6.42 Å². The predicted octanol–water partition coefficient (Wildman–Crippen LogP) is 4.29. The molecule has 1 heterocycles. The number of terminal acetylenes is 1. The number of hydrogen-bond donors (Lipinski definition) is 1. The highest BCUT2D eigenvalue weighted by atomic mass is 79.9. The van der Waals surface area contributed by atoms with Gasteiger partial charge < -0.3 is 9.47 Å². The molecule has 1 N–H and O–H groups in total. The molecule has 1 aliphatic heterocycles. The molecule has 31 heavy (non-hydrogen) atoms. The number of anilines is 1. The molecule has 1 fully saturated rings. The van der Waals surface area contributed by atoms with Crippen molar-refractivity contribution >= 4 is 61.5 Å². The molecule has 0 atom stereocenters. The van der Waals surface area contributed by atoms with Crippen LogP contribution >= 0.6 is 31.9 Å². The number of nitrogens with zero attached hydrogens (tertiary/aromatic N) is 1. The largest absolute Gasteiger partial charge is 0.494 e. The zero-order valence-corrected chi connectivity index (χ0v) is 19.4. The topological polar surface area (TPSA) is 84.9 Å². The maximum absolute atomic E-state index is 13.1. The number of nitrogens with one attached hydrogen (secondary N) is 1. The van der Waals surface area contributed by atoms with Crippen molar-refractivity contribution in [3.05, 3.63) is 56.5 Å². The number of barbiturate groups is 1. The van der Waals surface area contributed by atoms with Crippen LogP contribution in [0.1, 0.15) is 12.5 Å². The van der Waals surface area contributed by atoms with Crippen LogP contribution < -0.4 is 19.7 Å². The molecule has 0 spiro atoms. The monoisotopic (exact) mass is 546 g/mol. The number of hydrogen-bond acceptors (Lipinski definition) is 5. The Hall–Kier alpha value is -3.09. The summed E-state index contributed by atoms with van der Waals surface area (Å²) in [7, 11) is 0. The van der Waals surface area contributed by atoms with Crippen LogP contribution in [-0.2, 0) is 9.59 Å². The van der Waals surface area contributed by atoms with E-state index in [-0.39, 0.29) is 12.2 Å². The lowest BCUT2D eigenvalue weighted by Gasteiger charge is -2.26. The van der Waals surface area contributed by atoms with Gasteiger partial charge in [-0.1, -0.05) is 21.9 Å². The minimum atomic E-state index is -0.837. The van der Waals surface area contributed by atoms with Crippen molar-refractivity contribution in [2.24, 2.45) is 0 Å². The standard InChI is InChI=1S/C22H16Br2N2O5/c1-3-9-31-19-13(10-14(23)12-18(19)24)11-17-20(27)25-22(29)26(21(17)28)15-5-7-16(8-6-15)30-4-2/h1,5-8,10-12H,4,9H2,2H3,(H,25,27,29)/b17-11+. The van der Waals surface area contributed by atoms with E-state index in [1.165, 1.54) is 6.08 Å². The molecule has 0 aliphatic carbocycles. The third-order valence-corrected chi connectivity index (χ3v) is 5.19. The lowest BCUT2D eigenvalue weighted by molar-refractivity contribution is -0.122. The van der Waals surface area contributed by atoms with Crippen LogP contribution in [0.2, 0.25) is 0 Å². The van der Waals surface area contributed by atoms with E-state index in [1.54, 1.807) is 36.4 Å². The van der Waals surface area contributed by atoms with E-state index in [0.29, 0.717) is 38.3 Å². The van der Waals surface area contributed by atoms with Crippen molar-refractivity contribution in [3.63, 3.8) is 0 Å². The van der Waals surface area contributed by atoms with Crippen LogP contribution in [0.3, 0.4) is 0 Å². The zero-order chi connectivity index (χ0) is 22.5. The molecule has 0 aromatic heterocycles. The Morgan fingerprint density at radius 2 is 1.84 bits per heavy atom. The van der Waals surface area contributed by atoms with E-state index >= 15 is 0 Å². The Kier molecular flexibility index (Phi) is 7.15. The third-order valence-electron chi connectivity index (χ3n) is 4.14. The number of carbonyl (C=O) groups excluding carboxylic acids is 3. The normalized spacial score (nSPS) is 15.0. The van der Waals surface area contributed by atoms with Gasteiger partial charge in [-0.3, -0.25) is 14.9 Å². The Morgan fingerprint density at radius 1 is 1.13 bits per heavy atom. The fourth-order valence-corrected chi connectivity index (χ4v) is 4.23. The molecule has 0 bridgehead atoms. The van der Waals surface area contributed by atoms with Gasteiger partial charge in [-0.05, 0) is 65.3 Å². The maximum atomic E-state index is 13.1. The molecule has 4 amide bonds. The van der Waals surface area contributed by atoms with Crippen LogP contribution in [0.5, 0.6) is 11.5 Å². The first-order valence-corrected chi connectivity index (χ1v) is 10.6. The van der Waals surface area contributed by atoms with Crippen LogP contribution in [0.25, 0.3) is 6.08 Å². The second kappa shape index (κ2) is 9.81. The summed E-state index contributed by atoms with van der Waals surface area (Å²) in [5, 5.41) is 2.19. The Bertz CT molecular complexity index is 1120. The Morgan fingerprint density at radius 3 is 2.48 bits per heavy atom. The highest BCUT2D eigenvalue weighted by molar-refractivity contribution is 9.11. The van der Waals surface area contributed by atoms with E-state index in [1.807, 2.05) is 6.92 Å². The summed E-state index contributed by atoms with van der Waals surface area (Å²) < 4.78 is 12.2. The van der Waals surface area contributed by atoms with Crippen molar-refractivity contribution in [1.82, 2.24) is 5.32 Å². The molecular weight excluding hydrogens is 532 g/mol. The fraction of sp³-hybridized carbons (Fsp3) is 0.136. The van der Waals surface area contributed by atoms with Gasteiger partial charge in [0.2, 0.25) is 0 Å². The summed E-state index contributed by atoms with van der Waals surface area (Å²) in [6, 6.07) is 8.97. The average Bonchev–Trinajstić information content (AvgIpc) is 2.71. The molecule has 2 aromatic rings. The summed E-state index contributed by atoms with van der Waals surface area (Å²) in [5.41, 5.74) is 0.489. The fourth-order valence-electron chi connectivity index (χ4n) is 2.86. The first-order chi connectivity index (χ1) is 14.8. The maximum Gasteiger partial charge on any atom is 0.335 e. The minimum Gasteiger partial charge on any atom is -0.494 e. The molecule has 2 aromatic carbocycles. The molecule has 1 aliphatic rings. The van der Waals surface area contributed by atoms with E-state index < -0.39 is 17.8 Å². The molecule has 0 saturated carbocycles. The van der Waals surface area contributed by atoms with Gasteiger partial charge in [0, 0.05) is 10.0 Å². The molecule has 0 radical (unpaired) electrons. The smallest absolute Gasteiger partial charge is 0.335 e. The van der Waals surface area contributed by atoms with Crippen LogP contribution in [0.15, 0.2) is 50.9 Å². The van der Waals surface area contributed by atoms with E-state index in [2.05, 4.69) is 43.1 Å². The summed E-state index contributed by atoms with van der Waals surface area (Å²) in [5.74, 6) is 1.75. The molecule has 9 heteroatoms. The van der Waals surface area contributed by atoms with Crippen LogP contribution in [0, 0.1) is 12.3 Å². The highest BCUT2D eigenvalue weighted by Crippen LogP contribution is 2.35. The average molecular weight is 548 g/mol.